The summed E-state index contributed by atoms with van der Waals surface area (Å²) in [6.45, 7) is 5.46. The van der Waals surface area contributed by atoms with Crippen molar-refractivity contribution in [1.82, 2.24) is 15.0 Å². The minimum absolute atomic E-state index is 0.631. The van der Waals surface area contributed by atoms with Gasteiger partial charge in [-0.3, -0.25) is 4.98 Å². The molecule has 0 atom stereocenters. The van der Waals surface area contributed by atoms with Gasteiger partial charge in [0.15, 0.2) is 0 Å². The predicted octanol–water partition coefficient (Wildman–Crippen LogP) is 3.71. The smallest absolute Gasteiger partial charge is 0.225 e. The van der Waals surface area contributed by atoms with E-state index in [1.165, 1.54) is 11.1 Å². The van der Waals surface area contributed by atoms with Crippen LogP contribution in [0.25, 0.3) is 0 Å². The Morgan fingerprint density at radius 1 is 0.917 bits per heavy atom. The van der Waals surface area contributed by atoms with Crippen molar-refractivity contribution in [3.8, 4) is 0 Å². The second-order valence-corrected chi connectivity index (χ2v) is 5.71. The Hall–Kier alpha value is -2.95. The van der Waals surface area contributed by atoms with Crippen molar-refractivity contribution in [3.63, 3.8) is 0 Å². The molecule has 24 heavy (non-hydrogen) atoms. The largest absolute Gasteiger partial charge is 0.366 e. The average molecular weight is 319 g/mol. The maximum absolute atomic E-state index is 4.54. The summed E-state index contributed by atoms with van der Waals surface area (Å²) in [5, 5.41) is 6.63. The van der Waals surface area contributed by atoms with Crippen LogP contribution in [0.5, 0.6) is 0 Å². The first-order valence-electron chi connectivity index (χ1n) is 7.97. The van der Waals surface area contributed by atoms with Gasteiger partial charge in [0.2, 0.25) is 5.95 Å². The standard InChI is InChI=1S/C19H21N5/c1-14-6-3-4-8-17(14)13-22-19-23-15(2)10-18(24-19)21-12-16-7-5-9-20-11-16/h3-11H,12-13H2,1-2H3,(H2,21,22,23,24). The molecule has 0 aliphatic carbocycles. The van der Waals surface area contributed by atoms with E-state index in [4.69, 9.17) is 0 Å². The van der Waals surface area contributed by atoms with Crippen molar-refractivity contribution in [3.05, 3.63) is 77.2 Å². The molecule has 5 heteroatoms. The minimum atomic E-state index is 0.631. The fourth-order valence-corrected chi connectivity index (χ4v) is 2.42. The van der Waals surface area contributed by atoms with Gasteiger partial charge in [0.25, 0.3) is 0 Å². The van der Waals surface area contributed by atoms with Crippen molar-refractivity contribution in [2.75, 3.05) is 10.6 Å². The second-order valence-electron chi connectivity index (χ2n) is 5.71. The van der Waals surface area contributed by atoms with Gasteiger partial charge in [-0.1, -0.05) is 30.3 Å². The Morgan fingerprint density at radius 2 is 1.79 bits per heavy atom. The van der Waals surface area contributed by atoms with Gasteiger partial charge in [-0.15, -0.1) is 0 Å². The topological polar surface area (TPSA) is 62.7 Å². The van der Waals surface area contributed by atoms with E-state index in [0.29, 0.717) is 19.0 Å². The number of nitrogens with one attached hydrogen (secondary N) is 2. The molecule has 0 aliphatic heterocycles. The lowest BCUT2D eigenvalue weighted by atomic mass is 10.1. The average Bonchev–Trinajstić information content (AvgIpc) is 2.60. The summed E-state index contributed by atoms with van der Waals surface area (Å²) in [6, 6.07) is 14.2. The molecule has 0 bridgehead atoms. The van der Waals surface area contributed by atoms with Crippen LogP contribution >= 0.6 is 0 Å². The molecule has 3 rings (SSSR count). The van der Waals surface area contributed by atoms with Crippen LogP contribution in [0.15, 0.2) is 54.9 Å². The zero-order valence-electron chi connectivity index (χ0n) is 14.0. The maximum Gasteiger partial charge on any atom is 0.225 e. The number of nitrogens with zero attached hydrogens (tertiary/aromatic N) is 3. The summed E-state index contributed by atoms with van der Waals surface area (Å²) < 4.78 is 0. The van der Waals surface area contributed by atoms with Gasteiger partial charge < -0.3 is 10.6 Å². The number of aryl methyl sites for hydroxylation is 2. The summed E-state index contributed by atoms with van der Waals surface area (Å²) in [7, 11) is 0. The molecule has 0 spiro atoms. The second kappa shape index (κ2) is 7.55. The number of hydrogen-bond acceptors (Lipinski definition) is 5. The Morgan fingerprint density at radius 3 is 2.58 bits per heavy atom. The maximum atomic E-state index is 4.54. The highest BCUT2D eigenvalue weighted by Crippen LogP contribution is 2.13. The van der Waals surface area contributed by atoms with E-state index in [2.05, 4.69) is 44.6 Å². The van der Waals surface area contributed by atoms with Gasteiger partial charge in [0.05, 0.1) is 0 Å². The molecule has 0 amide bonds. The van der Waals surface area contributed by atoms with Gasteiger partial charge >= 0.3 is 0 Å². The monoisotopic (exact) mass is 319 g/mol. The van der Waals surface area contributed by atoms with Crippen LogP contribution in [0.2, 0.25) is 0 Å². The van der Waals surface area contributed by atoms with Crippen molar-refractivity contribution >= 4 is 11.8 Å². The van der Waals surface area contributed by atoms with Crippen LogP contribution < -0.4 is 10.6 Å². The highest BCUT2D eigenvalue weighted by atomic mass is 15.1. The molecule has 0 fully saturated rings. The lowest BCUT2D eigenvalue weighted by Crippen LogP contribution is -2.08. The number of rotatable bonds is 6. The van der Waals surface area contributed by atoms with Gasteiger partial charge in [0.1, 0.15) is 5.82 Å². The van der Waals surface area contributed by atoms with Crippen LogP contribution in [0, 0.1) is 13.8 Å². The van der Waals surface area contributed by atoms with E-state index in [0.717, 1.165) is 17.1 Å². The third-order valence-electron chi connectivity index (χ3n) is 3.75. The summed E-state index contributed by atoms with van der Waals surface area (Å²) in [5.41, 5.74) is 4.54. The van der Waals surface area contributed by atoms with E-state index in [9.17, 15) is 0 Å². The third kappa shape index (κ3) is 4.29. The van der Waals surface area contributed by atoms with Crippen LogP contribution in [-0.2, 0) is 13.1 Å². The van der Waals surface area contributed by atoms with Crippen molar-refractivity contribution in [2.24, 2.45) is 0 Å². The zero-order chi connectivity index (χ0) is 16.8. The van der Waals surface area contributed by atoms with Gasteiger partial charge in [-0.05, 0) is 36.6 Å². The number of anilines is 2. The van der Waals surface area contributed by atoms with E-state index in [1.54, 1.807) is 6.20 Å². The van der Waals surface area contributed by atoms with Crippen LogP contribution in [0.1, 0.15) is 22.4 Å². The van der Waals surface area contributed by atoms with Crippen LogP contribution in [-0.4, -0.2) is 15.0 Å². The fourth-order valence-electron chi connectivity index (χ4n) is 2.42. The van der Waals surface area contributed by atoms with Gasteiger partial charge in [0, 0.05) is 37.2 Å². The third-order valence-corrected chi connectivity index (χ3v) is 3.75. The summed E-state index contributed by atoms with van der Waals surface area (Å²) in [5.74, 6) is 1.44. The molecule has 0 radical (unpaired) electrons. The predicted molar refractivity (Wildman–Crippen MR) is 96.8 cm³/mol. The summed E-state index contributed by atoms with van der Waals surface area (Å²) in [4.78, 5) is 13.1. The van der Waals surface area contributed by atoms with Crippen molar-refractivity contribution in [2.45, 2.75) is 26.9 Å². The lowest BCUT2D eigenvalue weighted by Gasteiger charge is -2.11. The first kappa shape index (κ1) is 15.9. The molecule has 2 N–H and O–H groups in total. The Balaban J connectivity index is 1.66. The summed E-state index contributed by atoms with van der Waals surface area (Å²) in [6.07, 6.45) is 3.62. The SMILES string of the molecule is Cc1cc(NCc2cccnc2)nc(NCc2ccccc2C)n1. The van der Waals surface area contributed by atoms with Crippen molar-refractivity contribution < 1.29 is 0 Å². The molecular weight excluding hydrogens is 298 g/mol. The summed E-state index contributed by atoms with van der Waals surface area (Å²) >= 11 is 0. The molecule has 2 heterocycles. The molecule has 2 aromatic heterocycles. The van der Waals surface area contributed by atoms with Gasteiger partial charge in [-0.2, -0.15) is 4.98 Å². The molecule has 0 saturated heterocycles. The van der Waals surface area contributed by atoms with Crippen molar-refractivity contribution in [1.29, 1.82) is 0 Å². The van der Waals surface area contributed by atoms with E-state index < -0.39 is 0 Å². The van der Waals surface area contributed by atoms with Crippen LogP contribution in [0.3, 0.4) is 0 Å². The van der Waals surface area contributed by atoms with E-state index in [1.807, 2.05) is 43.5 Å². The zero-order valence-corrected chi connectivity index (χ0v) is 14.0. The van der Waals surface area contributed by atoms with E-state index >= 15 is 0 Å². The fraction of sp³-hybridized carbons (Fsp3) is 0.211. The Labute approximate surface area is 142 Å². The molecule has 0 unspecified atom stereocenters. The first-order valence-corrected chi connectivity index (χ1v) is 7.97. The van der Waals surface area contributed by atoms with E-state index in [-0.39, 0.29) is 0 Å². The molecule has 0 aliphatic rings. The van der Waals surface area contributed by atoms with Gasteiger partial charge in [-0.25, -0.2) is 4.98 Å². The first-order chi connectivity index (χ1) is 11.7. The minimum Gasteiger partial charge on any atom is -0.366 e. The molecule has 1 aromatic carbocycles. The Bertz CT molecular complexity index is 802. The highest BCUT2D eigenvalue weighted by molar-refractivity contribution is 5.43. The quantitative estimate of drug-likeness (QED) is 0.725. The number of hydrogen-bond donors (Lipinski definition) is 2. The molecular formula is C19H21N5. The molecule has 122 valence electrons. The normalized spacial score (nSPS) is 10.4. The highest BCUT2D eigenvalue weighted by Gasteiger charge is 2.04. The molecule has 3 aromatic rings. The Kier molecular flexibility index (Phi) is 5.01. The molecule has 0 saturated carbocycles. The number of pyridine rings is 1. The number of benzene rings is 1. The molecule has 5 nitrogen and oxygen atoms in total. The van der Waals surface area contributed by atoms with Crippen LogP contribution in [0.4, 0.5) is 11.8 Å². The lowest BCUT2D eigenvalue weighted by molar-refractivity contribution is 1.00. The number of aromatic nitrogens is 3.